The quantitative estimate of drug-likeness (QED) is 0.611. The topological polar surface area (TPSA) is 78.9 Å². The van der Waals surface area contributed by atoms with Crippen LogP contribution in [0.5, 0.6) is 0 Å². The van der Waals surface area contributed by atoms with Gasteiger partial charge in [0, 0.05) is 5.92 Å². The second-order valence-corrected chi connectivity index (χ2v) is 6.84. The molecular formula is C20H22O6. The molecule has 0 amide bonds. The minimum absolute atomic E-state index is 0.124. The number of rotatable bonds is 3. The van der Waals surface area contributed by atoms with Crippen molar-refractivity contribution in [2.45, 2.75) is 32.1 Å². The molecule has 6 nitrogen and oxygen atoms in total. The molecule has 2 atom stereocenters. The summed E-state index contributed by atoms with van der Waals surface area (Å²) >= 11 is 0. The molecule has 2 aliphatic carbocycles. The number of carbonyl (C=O) groups excluding carboxylic acids is 3. The van der Waals surface area contributed by atoms with Crippen molar-refractivity contribution < 1.29 is 28.6 Å². The van der Waals surface area contributed by atoms with Crippen LogP contribution in [0.1, 0.15) is 53.6 Å². The number of esters is 3. The molecule has 0 aromatic heterocycles. The van der Waals surface area contributed by atoms with Crippen molar-refractivity contribution in [2.24, 2.45) is 5.41 Å². The van der Waals surface area contributed by atoms with Gasteiger partial charge in [0.05, 0.1) is 37.9 Å². The van der Waals surface area contributed by atoms with Crippen LogP contribution in [0.3, 0.4) is 0 Å². The first-order valence-electron chi connectivity index (χ1n) is 8.53. The van der Waals surface area contributed by atoms with Crippen LogP contribution in [0, 0.1) is 5.41 Å². The molecule has 0 heterocycles. The van der Waals surface area contributed by atoms with Gasteiger partial charge in [-0.25, -0.2) is 9.59 Å². The van der Waals surface area contributed by atoms with Crippen LogP contribution in [0.25, 0.3) is 5.57 Å². The lowest BCUT2D eigenvalue weighted by atomic mass is 9.66. The van der Waals surface area contributed by atoms with Crippen molar-refractivity contribution in [1.82, 2.24) is 0 Å². The van der Waals surface area contributed by atoms with Gasteiger partial charge in [0.1, 0.15) is 0 Å². The molecular weight excluding hydrogens is 336 g/mol. The maximum Gasteiger partial charge on any atom is 0.338 e. The van der Waals surface area contributed by atoms with E-state index < -0.39 is 17.4 Å². The summed E-state index contributed by atoms with van der Waals surface area (Å²) in [6.45, 7) is 1.82. The normalized spacial score (nSPS) is 23.8. The first-order valence-corrected chi connectivity index (χ1v) is 8.53. The molecule has 26 heavy (non-hydrogen) atoms. The van der Waals surface area contributed by atoms with Gasteiger partial charge in [0.25, 0.3) is 0 Å². The maximum atomic E-state index is 12.6. The number of benzene rings is 1. The fourth-order valence-corrected chi connectivity index (χ4v) is 4.31. The summed E-state index contributed by atoms with van der Waals surface area (Å²) in [4.78, 5) is 37.1. The van der Waals surface area contributed by atoms with E-state index in [9.17, 15) is 14.4 Å². The van der Waals surface area contributed by atoms with Crippen LogP contribution in [-0.2, 0) is 23.8 Å². The van der Waals surface area contributed by atoms with E-state index in [1.807, 2.05) is 6.92 Å². The number of methoxy groups -OCH3 is 3. The second-order valence-electron chi connectivity index (χ2n) is 6.84. The lowest BCUT2D eigenvalue weighted by Gasteiger charge is -2.37. The van der Waals surface area contributed by atoms with E-state index in [2.05, 4.69) is 0 Å². The summed E-state index contributed by atoms with van der Waals surface area (Å²) in [5.41, 5.74) is 2.24. The summed E-state index contributed by atoms with van der Waals surface area (Å²) < 4.78 is 14.9. The van der Waals surface area contributed by atoms with Gasteiger partial charge in [-0.2, -0.15) is 0 Å². The molecule has 0 spiro atoms. The SMILES string of the molecule is COC(=O)C1=C2C(CCCC2(C)C(=O)OC)c2cc(C(=O)OC)ccc21. The smallest absolute Gasteiger partial charge is 0.338 e. The van der Waals surface area contributed by atoms with Crippen molar-refractivity contribution in [2.75, 3.05) is 21.3 Å². The number of ether oxygens (including phenoxy) is 3. The van der Waals surface area contributed by atoms with Gasteiger partial charge in [-0.3, -0.25) is 4.79 Å². The van der Waals surface area contributed by atoms with Gasteiger partial charge >= 0.3 is 17.9 Å². The maximum absolute atomic E-state index is 12.6. The van der Waals surface area contributed by atoms with Gasteiger partial charge in [-0.05, 0) is 48.6 Å². The van der Waals surface area contributed by atoms with Crippen LogP contribution >= 0.6 is 0 Å². The summed E-state index contributed by atoms with van der Waals surface area (Å²) in [6, 6.07) is 5.11. The van der Waals surface area contributed by atoms with Crippen LogP contribution in [0.15, 0.2) is 23.8 Å². The van der Waals surface area contributed by atoms with E-state index in [0.29, 0.717) is 23.1 Å². The summed E-state index contributed by atoms with van der Waals surface area (Å²) in [7, 11) is 4.01. The van der Waals surface area contributed by atoms with Crippen molar-refractivity contribution in [3.05, 3.63) is 40.5 Å². The van der Waals surface area contributed by atoms with Crippen LogP contribution in [0.4, 0.5) is 0 Å². The van der Waals surface area contributed by atoms with E-state index in [1.54, 1.807) is 18.2 Å². The molecule has 0 saturated heterocycles. The van der Waals surface area contributed by atoms with Gasteiger partial charge in [0.2, 0.25) is 0 Å². The van der Waals surface area contributed by atoms with Gasteiger partial charge in [0.15, 0.2) is 0 Å². The number of carbonyl (C=O) groups is 3. The first-order chi connectivity index (χ1) is 12.4. The third-order valence-corrected chi connectivity index (χ3v) is 5.52. The molecule has 0 radical (unpaired) electrons. The Labute approximate surface area is 152 Å². The van der Waals surface area contributed by atoms with Crippen LogP contribution in [0.2, 0.25) is 0 Å². The van der Waals surface area contributed by atoms with E-state index in [4.69, 9.17) is 14.2 Å². The lowest BCUT2D eigenvalue weighted by Crippen LogP contribution is -2.36. The fraction of sp³-hybridized carbons (Fsp3) is 0.450. The summed E-state index contributed by atoms with van der Waals surface area (Å²) in [5.74, 6) is -1.40. The average Bonchev–Trinajstić information content (AvgIpc) is 3.01. The highest BCUT2D eigenvalue weighted by atomic mass is 16.5. The van der Waals surface area contributed by atoms with E-state index >= 15 is 0 Å². The Hall–Kier alpha value is -2.63. The molecule has 0 aliphatic heterocycles. The van der Waals surface area contributed by atoms with Crippen molar-refractivity contribution >= 4 is 23.5 Å². The Morgan fingerprint density at radius 1 is 1.04 bits per heavy atom. The first kappa shape index (κ1) is 18.2. The Bertz CT molecular complexity index is 822. The Kier molecular flexibility index (Phi) is 4.61. The van der Waals surface area contributed by atoms with Crippen molar-refractivity contribution in [3.8, 4) is 0 Å². The Morgan fingerprint density at radius 2 is 1.73 bits per heavy atom. The largest absolute Gasteiger partial charge is 0.468 e. The molecule has 1 aromatic rings. The van der Waals surface area contributed by atoms with Crippen LogP contribution < -0.4 is 0 Å². The van der Waals surface area contributed by atoms with Crippen molar-refractivity contribution in [1.29, 1.82) is 0 Å². The van der Waals surface area contributed by atoms with E-state index in [0.717, 1.165) is 24.0 Å². The predicted molar refractivity (Wildman–Crippen MR) is 93.4 cm³/mol. The molecule has 1 fully saturated rings. The monoisotopic (exact) mass is 358 g/mol. The molecule has 6 heteroatoms. The Balaban J connectivity index is 2.23. The zero-order valence-corrected chi connectivity index (χ0v) is 15.4. The predicted octanol–water partition coefficient (Wildman–Crippen LogP) is 2.86. The second kappa shape index (κ2) is 6.59. The highest BCUT2D eigenvalue weighted by molar-refractivity contribution is 6.21. The zero-order valence-electron chi connectivity index (χ0n) is 15.4. The number of fused-ring (bicyclic) bond motifs is 3. The Morgan fingerprint density at radius 3 is 2.35 bits per heavy atom. The molecule has 2 aliphatic rings. The highest BCUT2D eigenvalue weighted by Crippen LogP contribution is 2.57. The van der Waals surface area contributed by atoms with Gasteiger partial charge in [-0.1, -0.05) is 12.5 Å². The standard InChI is InChI=1S/C20H22O6/c1-20(19(23)26-4)9-5-6-13-14-10-11(17(21)24-2)7-8-12(14)15(16(13)20)18(22)25-3/h7-8,10,13H,5-6,9H2,1-4H3. The zero-order chi connectivity index (χ0) is 19.1. The molecule has 1 aromatic carbocycles. The average molecular weight is 358 g/mol. The summed E-state index contributed by atoms with van der Waals surface area (Å²) in [5, 5.41) is 0. The molecule has 1 saturated carbocycles. The van der Waals surface area contributed by atoms with E-state index in [1.165, 1.54) is 21.3 Å². The number of hydrogen-bond donors (Lipinski definition) is 0. The number of hydrogen-bond acceptors (Lipinski definition) is 6. The third-order valence-electron chi connectivity index (χ3n) is 5.52. The molecule has 0 bridgehead atoms. The summed E-state index contributed by atoms with van der Waals surface area (Å²) in [6.07, 6.45) is 2.21. The minimum Gasteiger partial charge on any atom is -0.468 e. The third kappa shape index (κ3) is 2.52. The van der Waals surface area contributed by atoms with Gasteiger partial charge in [-0.15, -0.1) is 0 Å². The van der Waals surface area contributed by atoms with Gasteiger partial charge < -0.3 is 14.2 Å². The lowest BCUT2D eigenvalue weighted by molar-refractivity contribution is -0.150. The van der Waals surface area contributed by atoms with Crippen LogP contribution in [-0.4, -0.2) is 39.2 Å². The van der Waals surface area contributed by atoms with E-state index in [-0.39, 0.29) is 11.9 Å². The fourth-order valence-electron chi connectivity index (χ4n) is 4.31. The molecule has 2 unspecified atom stereocenters. The molecule has 0 N–H and O–H groups in total. The minimum atomic E-state index is -0.897. The van der Waals surface area contributed by atoms with Crippen molar-refractivity contribution in [3.63, 3.8) is 0 Å². The molecule has 3 rings (SSSR count). The molecule has 138 valence electrons. The highest BCUT2D eigenvalue weighted by Gasteiger charge is 2.51.